The van der Waals surface area contributed by atoms with E-state index in [4.69, 9.17) is 11.1 Å². The quantitative estimate of drug-likeness (QED) is 0.621. The largest absolute Gasteiger partial charge is 0.384 e. The van der Waals surface area contributed by atoms with Crippen LogP contribution in [0.15, 0.2) is 12.3 Å². The van der Waals surface area contributed by atoms with Gasteiger partial charge >= 0.3 is 0 Å². The molecule has 2 rings (SSSR count). The maximum absolute atomic E-state index is 7.74. The molecule has 3 N–H and O–H groups in total. The Morgan fingerprint density at radius 2 is 2.22 bits per heavy atom. The van der Waals surface area contributed by atoms with Crippen LogP contribution in [0.2, 0.25) is 0 Å². The molecule has 4 nitrogen and oxygen atoms in total. The molecule has 0 amide bonds. The zero-order valence-corrected chi connectivity index (χ0v) is 11.2. The molecule has 18 heavy (non-hydrogen) atoms. The summed E-state index contributed by atoms with van der Waals surface area (Å²) in [7, 11) is 0. The lowest BCUT2D eigenvalue weighted by Gasteiger charge is -2.24. The summed E-state index contributed by atoms with van der Waals surface area (Å²) in [6.07, 6.45) is 5.46. The van der Waals surface area contributed by atoms with E-state index in [2.05, 4.69) is 16.8 Å². The van der Waals surface area contributed by atoms with Crippen molar-refractivity contribution in [3.05, 3.63) is 23.4 Å². The number of nitrogens with one attached hydrogen (secondary N) is 1. The predicted molar refractivity (Wildman–Crippen MR) is 75.2 cm³/mol. The summed E-state index contributed by atoms with van der Waals surface area (Å²) >= 11 is 0. The first kappa shape index (κ1) is 12.9. The second-order valence-electron chi connectivity index (χ2n) is 5.26. The first-order valence-corrected chi connectivity index (χ1v) is 6.64. The number of amidine groups is 1. The number of aryl methyl sites for hydroxylation is 1. The number of hydrogen-bond acceptors (Lipinski definition) is 3. The maximum atomic E-state index is 7.74. The molecule has 0 bridgehead atoms. The van der Waals surface area contributed by atoms with Crippen LogP contribution in [0.3, 0.4) is 0 Å². The topological polar surface area (TPSA) is 66.0 Å². The van der Waals surface area contributed by atoms with Gasteiger partial charge in [0, 0.05) is 19.3 Å². The lowest BCUT2D eigenvalue weighted by Crippen LogP contribution is -2.29. The van der Waals surface area contributed by atoms with Gasteiger partial charge in [0.15, 0.2) is 0 Å². The Morgan fingerprint density at radius 1 is 1.44 bits per heavy atom. The molecule has 2 heterocycles. The van der Waals surface area contributed by atoms with Gasteiger partial charge in [0.05, 0.1) is 5.56 Å². The number of nitrogens with zero attached hydrogens (tertiary/aromatic N) is 2. The molecule has 1 aliphatic rings. The second-order valence-corrected chi connectivity index (χ2v) is 5.26. The van der Waals surface area contributed by atoms with Gasteiger partial charge in [0.1, 0.15) is 11.7 Å². The fourth-order valence-corrected chi connectivity index (χ4v) is 2.59. The Balaban J connectivity index is 2.32. The summed E-state index contributed by atoms with van der Waals surface area (Å²) in [4.78, 5) is 6.74. The molecule has 1 aliphatic heterocycles. The lowest BCUT2D eigenvalue weighted by molar-refractivity contribution is 0.521. The molecule has 0 saturated carbocycles. The minimum absolute atomic E-state index is 0.118. The Labute approximate surface area is 109 Å². The highest BCUT2D eigenvalue weighted by atomic mass is 15.2. The Kier molecular flexibility index (Phi) is 3.84. The van der Waals surface area contributed by atoms with Crippen LogP contribution in [-0.4, -0.2) is 23.9 Å². The summed E-state index contributed by atoms with van der Waals surface area (Å²) in [5.74, 6) is 1.78. The van der Waals surface area contributed by atoms with Crippen molar-refractivity contribution in [1.29, 1.82) is 5.41 Å². The second kappa shape index (κ2) is 5.38. The van der Waals surface area contributed by atoms with E-state index in [1.807, 2.05) is 19.2 Å². The van der Waals surface area contributed by atoms with Crippen molar-refractivity contribution < 1.29 is 0 Å². The molecule has 0 radical (unpaired) electrons. The van der Waals surface area contributed by atoms with Gasteiger partial charge in [-0.05, 0) is 43.7 Å². The SMILES string of the molecule is Cc1ccnc(N2CCCC(C)CC2)c1C(=N)N. The number of anilines is 1. The van der Waals surface area contributed by atoms with Crippen LogP contribution in [0.4, 0.5) is 5.82 Å². The van der Waals surface area contributed by atoms with Crippen molar-refractivity contribution >= 4 is 11.7 Å². The van der Waals surface area contributed by atoms with E-state index in [0.29, 0.717) is 0 Å². The fraction of sp³-hybridized carbons (Fsp3) is 0.571. The van der Waals surface area contributed by atoms with E-state index >= 15 is 0 Å². The van der Waals surface area contributed by atoms with E-state index in [1.54, 1.807) is 0 Å². The molecular formula is C14H22N4. The van der Waals surface area contributed by atoms with Gasteiger partial charge in [-0.25, -0.2) is 4.98 Å². The van der Waals surface area contributed by atoms with E-state index in [9.17, 15) is 0 Å². The summed E-state index contributed by atoms with van der Waals surface area (Å²) in [6, 6.07) is 1.92. The minimum Gasteiger partial charge on any atom is -0.384 e. The zero-order chi connectivity index (χ0) is 13.1. The smallest absolute Gasteiger partial charge is 0.139 e. The van der Waals surface area contributed by atoms with Crippen molar-refractivity contribution in [3.8, 4) is 0 Å². The first-order valence-electron chi connectivity index (χ1n) is 6.64. The summed E-state index contributed by atoms with van der Waals surface area (Å²) in [5.41, 5.74) is 7.54. The lowest BCUT2D eigenvalue weighted by atomic mass is 10.0. The van der Waals surface area contributed by atoms with Gasteiger partial charge in [-0.15, -0.1) is 0 Å². The highest BCUT2D eigenvalue weighted by molar-refractivity contribution is 6.01. The highest BCUT2D eigenvalue weighted by Crippen LogP contribution is 2.25. The Morgan fingerprint density at radius 3 is 2.94 bits per heavy atom. The van der Waals surface area contributed by atoms with Crippen LogP contribution in [0.1, 0.15) is 37.3 Å². The van der Waals surface area contributed by atoms with E-state index in [0.717, 1.165) is 36.0 Å². The number of hydrogen-bond donors (Lipinski definition) is 2. The summed E-state index contributed by atoms with van der Waals surface area (Å²) < 4.78 is 0. The van der Waals surface area contributed by atoms with Crippen molar-refractivity contribution in [3.63, 3.8) is 0 Å². The Hall–Kier alpha value is -1.58. The number of pyridine rings is 1. The third kappa shape index (κ3) is 2.63. The van der Waals surface area contributed by atoms with E-state index in [-0.39, 0.29) is 5.84 Å². The molecule has 0 spiro atoms. The minimum atomic E-state index is 0.118. The summed E-state index contributed by atoms with van der Waals surface area (Å²) in [5, 5.41) is 7.74. The first-order chi connectivity index (χ1) is 8.59. The average molecular weight is 246 g/mol. The van der Waals surface area contributed by atoms with Gasteiger partial charge in [0.2, 0.25) is 0 Å². The molecule has 1 aromatic rings. The van der Waals surface area contributed by atoms with Crippen LogP contribution < -0.4 is 10.6 Å². The number of aromatic nitrogens is 1. The molecule has 4 heteroatoms. The predicted octanol–water partition coefficient (Wildman–Crippen LogP) is 2.30. The van der Waals surface area contributed by atoms with Gasteiger partial charge in [0.25, 0.3) is 0 Å². The standard InChI is InChI=1S/C14H22N4/c1-10-4-3-8-18(9-6-10)14-12(13(15)16)11(2)5-7-17-14/h5,7,10H,3-4,6,8-9H2,1-2H3,(H3,15,16). The molecular weight excluding hydrogens is 224 g/mol. The van der Waals surface area contributed by atoms with E-state index in [1.165, 1.54) is 19.3 Å². The molecule has 1 aromatic heterocycles. The zero-order valence-electron chi connectivity index (χ0n) is 11.2. The molecule has 0 aromatic carbocycles. The van der Waals surface area contributed by atoms with Crippen LogP contribution >= 0.6 is 0 Å². The van der Waals surface area contributed by atoms with Crippen LogP contribution in [-0.2, 0) is 0 Å². The molecule has 1 unspecified atom stereocenters. The summed E-state index contributed by atoms with van der Waals surface area (Å²) in [6.45, 7) is 6.32. The average Bonchev–Trinajstić information content (AvgIpc) is 2.53. The van der Waals surface area contributed by atoms with Crippen LogP contribution in [0.25, 0.3) is 0 Å². The van der Waals surface area contributed by atoms with E-state index < -0.39 is 0 Å². The maximum Gasteiger partial charge on any atom is 0.139 e. The van der Waals surface area contributed by atoms with Crippen LogP contribution in [0, 0.1) is 18.3 Å². The fourth-order valence-electron chi connectivity index (χ4n) is 2.59. The van der Waals surface area contributed by atoms with Gasteiger partial charge in [-0.1, -0.05) is 6.92 Å². The third-order valence-corrected chi connectivity index (χ3v) is 3.72. The van der Waals surface area contributed by atoms with Gasteiger partial charge in [-0.3, -0.25) is 5.41 Å². The van der Waals surface area contributed by atoms with Crippen molar-refractivity contribution in [2.75, 3.05) is 18.0 Å². The normalized spacial score (nSPS) is 20.6. The monoisotopic (exact) mass is 246 g/mol. The molecule has 1 atom stereocenters. The van der Waals surface area contributed by atoms with Crippen molar-refractivity contribution in [1.82, 2.24) is 4.98 Å². The van der Waals surface area contributed by atoms with Gasteiger partial charge < -0.3 is 10.6 Å². The van der Waals surface area contributed by atoms with Crippen molar-refractivity contribution in [2.45, 2.75) is 33.1 Å². The molecule has 1 fully saturated rings. The molecule has 1 saturated heterocycles. The number of rotatable bonds is 2. The molecule has 98 valence electrons. The van der Waals surface area contributed by atoms with Gasteiger partial charge in [-0.2, -0.15) is 0 Å². The Bertz CT molecular complexity index is 441. The third-order valence-electron chi connectivity index (χ3n) is 3.72. The highest BCUT2D eigenvalue weighted by Gasteiger charge is 2.19. The van der Waals surface area contributed by atoms with Crippen LogP contribution in [0.5, 0.6) is 0 Å². The number of nitrogen functional groups attached to an aromatic ring is 1. The van der Waals surface area contributed by atoms with Crippen molar-refractivity contribution in [2.24, 2.45) is 11.7 Å². The molecule has 0 aliphatic carbocycles. The number of nitrogens with two attached hydrogens (primary N) is 1.